The van der Waals surface area contributed by atoms with Crippen molar-refractivity contribution in [1.29, 1.82) is 0 Å². The van der Waals surface area contributed by atoms with E-state index in [4.69, 9.17) is 16.3 Å². The van der Waals surface area contributed by atoms with E-state index in [0.717, 1.165) is 11.0 Å². The van der Waals surface area contributed by atoms with Gasteiger partial charge in [0.15, 0.2) is 0 Å². The molecule has 1 heterocycles. The van der Waals surface area contributed by atoms with E-state index < -0.39 is 23.3 Å². The lowest BCUT2D eigenvalue weighted by Crippen LogP contribution is -2.40. The number of nitrogens with one attached hydrogen (secondary N) is 1. The van der Waals surface area contributed by atoms with Crippen molar-refractivity contribution in [1.82, 2.24) is 10.2 Å². The number of rotatable bonds is 4. The topological polar surface area (TPSA) is 58.6 Å². The van der Waals surface area contributed by atoms with Crippen molar-refractivity contribution in [2.75, 3.05) is 7.11 Å². The number of methoxy groups -OCH3 is 1. The Morgan fingerprint density at radius 3 is 2.68 bits per heavy atom. The first kappa shape index (κ1) is 17.2. The molecule has 25 heavy (non-hydrogen) atoms. The van der Waals surface area contributed by atoms with Crippen LogP contribution < -0.4 is 10.1 Å². The highest BCUT2D eigenvalue weighted by atomic mass is 35.5. The Labute approximate surface area is 149 Å². The molecule has 3 rings (SSSR count). The first-order chi connectivity index (χ1) is 11.8. The Hall–Kier alpha value is -2.60. The summed E-state index contributed by atoms with van der Waals surface area (Å²) in [5.74, 6) is -0.306. The van der Waals surface area contributed by atoms with E-state index in [2.05, 4.69) is 5.32 Å². The predicted octanol–water partition coefficient (Wildman–Crippen LogP) is 3.45. The number of imide groups is 1. The van der Waals surface area contributed by atoms with Crippen LogP contribution in [0.3, 0.4) is 0 Å². The van der Waals surface area contributed by atoms with Crippen LogP contribution in [0.1, 0.15) is 18.1 Å². The summed E-state index contributed by atoms with van der Waals surface area (Å²) in [4.78, 5) is 26.3. The van der Waals surface area contributed by atoms with Gasteiger partial charge in [-0.1, -0.05) is 29.8 Å². The molecule has 3 amide bonds. The molecule has 0 radical (unpaired) electrons. The summed E-state index contributed by atoms with van der Waals surface area (Å²) in [5.41, 5.74) is -0.114. The lowest BCUT2D eigenvalue weighted by molar-refractivity contribution is -0.131. The maximum Gasteiger partial charge on any atom is 0.325 e. The molecule has 0 aromatic heterocycles. The Balaban J connectivity index is 1.91. The third-order valence-electron chi connectivity index (χ3n) is 4.27. The average Bonchev–Trinajstić information content (AvgIpc) is 2.81. The SMILES string of the molecule is COc1cccc(C2(C)NC(=O)N(Cc3ccc(F)cc3Cl)C2=O)c1. The summed E-state index contributed by atoms with van der Waals surface area (Å²) in [7, 11) is 1.53. The van der Waals surface area contributed by atoms with Crippen LogP contribution >= 0.6 is 11.6 Å². The molecule has 0 spiro atoms. The number of carbonyl (C=O) groups excluding carboxylic acids is 2. The standard InChI is InChI=1S/C18H16ClFN2O3/c1-18(12-4-3-5-14(8-12)25-2)16(23)22(17(24)21-18)10-11-6-7-13(20)9-15(11)19/h3-9H,10H2,1-2H3,(H,21,24). The van der Waals surface area contributed by atoms with Crippen LogP contribution in [0.25, 0.3) is 0 Å². The zero-order valence-electron chi connectivity index (χ0n) is 13.7. The number of urea groups is 1. The molecule has 1 N–H and O–H groups in total. The van der Waals surface area contributed by atoms with Gasteiger partial charge in [-0.2, -0.15) is 0 Å². The molecule has 5 nitrogen and oxygen atoms in total. The zero-order valence-corrected chi connectivity index (χ0v) is 14.4. The highest BCUT2D eigenvalue weighted by Gasteiger charge is 2.49. The third-order valence-corrected chi connectivity index (χ3v) is 4.62. The second-order valence-electron chi connectivity index (χ2n) is 5.91. The van der Waals surface area contributed by atoms with Crippen molar-refractivity contribution >= 4 is 23.5 Å². The normalized spacial score (nSPS) is 19.9. The maximum absolute atomic E-state index is 13.2. The van der Waals surface area contributed by atoms with Gasteiger partial charge in [-0.05, 0) is 42.3 Å². The number of benzene rings is 2. The van der Waals surface area contributed by atoms with Crippen molar-refractivity contribution in [3.8, 4) is 5.75 Å². The molecule has 1 aliphatic rings. The Kier molecular flexibility index (Phi) is 4.39. The van der Waals surface area contributed by atoms with Crippen molar-refractivity contribution in [3.05, 3.63) is 64.4 Å². The van der Waals surface area contributed by atoms with E-state index in [9.17, 15) is 14.0 Å². The number of carbonyl (C=O) groups is 2. The molecule has 1 aliphatic heterocycles. The predicted molar refractivity (Wildman–Crippen MR) is 90.8 cm³/mol. The number of amides is 3. The van der Waals surface area contributed by atoms with Gasteiger partial charge in [0.1, 0.15) is 17.1 Å². The fourth-order valence-corrected chi connectivity index (χ4v) is 3.02. The summed E-state index contributed by atoms with van der Waals surface area (Å²) in [6.45, 7) is 1.59. The number of hydrogen-bond acceptors (Lipinski definition) is 3. The van der Waals surface area contributed by atoms with Crippen molar-refractivity contribution in [2.45, 2.75) is 19.0 Å². The molecule has 1 saturated heterocycles. The highest BCUT2D eigenvalue weighted by Crippen LogP contribution is 2.32. The van der Waals surface area contributed by atoms with Crippen LogP contribution in [0.5, 0.6) is 5.75 Å². The summed E-state index contributed by atoms with van der Waals surface area (Å²) < 4.78 is 18.4. The summed E-state index contributed by atoms with van der Waals surface area (Å²) in [5, 5.41) is 2.88. The number of halogens is 2. The molecule has 1 fully saturated rings. The summed E-state index contributed by atoms with van der Waals surface area (Å²) in [6.07, 6.45) is 0. The molecule has 2 aromatic carbocycles. The quantitative estimate of drug-likeness (QED) is 0.847. The van der Waals surface area contributed by atoms with Gasteiger partial charge in [-0.3, -0.25) is 9.69 Å². The smallest absolute Gasteiger partial charge is 0.325 e. The number of ether oxygens (including phenoxy) is 1. The number of nitrogens with zero attached hydrogens (tertiary/aromatic N) is 1. The van der Waals surface area contributed by atoms with Crippen LogP contribution in [0.4, 0.5) is 9.18 Å². The van der Waals surface area contributed by atoms with Crippen LogP contribution in [-0.4, -0.2) is 23.9 Å². The van der Waals surface area contributed by atoms with Gasteiger partial charge in [-0.25, -0.2) is 9.18 Å². The van der Waals surface area contributed by atoms with Crippen LogP contribution in [-0.2, 0) is 16.9 Å². The van der Waals surface area contributed by atoms with E-state index in [1.54, 1.807) is 31.2 Å². The lowest BCUT2D eigenvalue weighted by Gasteiger charge is -2.23. The molecule has 0 saturated carbocycles. The first-order valence-electron chi connectivity index (χ1n) is 7.57. The van der Waals surface area contributed by atoms with Crippen molar-refractivity contribution < 1.29 is 18.7 Å². The maximum atomic E-state index is 13.2. The average molecular weight is 363 g/mol. The minimum Gasteiger partial charge on any atom is -0.497 e. The number of hydrogen-bond donors (Lipinski definition) is 1. The fourth-order valence-electron chi connectivity index (χ4n) is 2.79. The van der Waals surface area contributed by atoms with Gasteiger partial charge in [0.2, 0.25) is 0 Å². The molecule has 0 bridgehead atoms. The Morgan fingerprint density at radius 1 is 1.24 bits per heavy atom. The van der Waals surface area contributed by atoms with E-state index >= 15 is 0 Å². The minimum absolute atomic E-state index is 0.0384. The van der Waals surface area contributed by atoms with Gasteiger partial charge in [0, 0.05) is 5.02 Å². The Bertz CT molecular complexity index is 858. The second-order valence-corrected chi connectivity index (χ2v) is 6.32. The largest absolute Gasteiger partial charge is 0.497 e. The van der Waals surface area contributed by atoms with E-state index in [1.165, 1.54) is 19.2 Å². The monoisotopic (exact) mass is 362 g/mol. The molecule has 1 unspecified atom stereocenters. The van der Waals surface area contributed by atoms with Crippen LogP contribution in [0.2, 0.25) is 5.02 Å². The highest BCUT2D eigenvalue weighted by molar-refractivity contribution is 6.31. The van der Waals surface area contributed by atoms with E-state index in [0.29, 0.717) is 16.9 Å². The lowest BCUT2D eigenvalue weighted by atomic mass is 9.92. The van der Waals surface area contributed by atoms with Gasteiger partial charge < -0.3 is 10.1 Å². The summed E-state index contributed by atoms with van der Waals surface area (Å²) >= 11 is 6.00. The second kappa shape index (κ2) is 6.37. The Morgan fingerprint density at radius 2 is 2.00 bits per heavy atom. The molecule has 0 aliphatic carbocycles. The molecule has 2 aromatic rings. The van der Waals surface area contributed by atoms with Gasteiger partial charge in [-0.15, -0.1) is 0 Å². The van der Waals surface area contributed by atoms with Crippen LogP contribution in [0, 0.1) is 5.82 Å². The molecule has 130 valence electrons. The van der Waals surface area contributed by atoms with Crippen molar-refractivity contribution in [3.63, 3.8) is 0 Å². The fraction of sp³-hybridized carbons (Fsp3) is 0.222. The van der Waals surface area contributed by atoms with Crippen molar-refractivity contribution in [2.24, 2.45) is 0 Å². The molecule has 1 atom stereocenters. The summed E-state index contributed by atoms with van der Waals surface area (Å²) in [6, 6.07) is 10.3. The van der Waals surface area contributed by atoms with Gasteiger partial charge >= 0.3 is 6.03 Å². The van der Waals surface area contributed by atoms with E-state index in [-0.39, 0.29) is 11.6 Å². The van der Waals surface area contributed by atoms with Gasteiger partial charge in [0.05, 0.1) is 13.7 Å². The minimum atomic E-state index is -1.21. The van der Waals surface area contributed by atoms with Gasteiger partial charge in [0.25, 0.3) is 5.91 Å². The molecular weight excluding hydrogens is 347 g/mol. The molecular formula is C18H16ClFN2O3. The molecule has 7 heteroatoms. The first-order valence-corrected chi connectivity index (χ1v) is 7.95. The third kappa shape index (κ3) is 3.05. The van der Waals surface area contributed by atoms with E-state index in [1.807, 2.05) is 0 Å². The van der Waals surface area contributed by atoms with Crippen LogP contribution in [0.15, 0.2) is 42.5 Å². The zero-order chi connectivity index (χ0) is 18.2.